The van der Waals surface area contributed by atoms with Gasteiger partial charge in [0.1, 0.15) is 17.6 Å². The molecule has 2 N–H and O–H groups in total. The quantitative estimate of drug-likeness (QED) is 0.474. The third kappa shape index (κ3) is 3.69. The van der Waals surface area contributed by atoms with Crippen LogP contribution in [0.2, 0.25) is 0 Å². The Kier molecular flexibility index (Phi) is 5.18. The first-order valence-corrected chi connectivity index (χ1v) is 12.5. The second kappa shape index (κ2) is 8.25. The van der Waals surface area contributed by atoms with Crippen LogP contribution in [-0.2, 0) is 11.3 Å². The molecule has 9 heteroatoms. The molecule has 0 spiro atoms. The topological polar surface area (TPSA) is 89.0 Å². The number of benzene rings is 1. The van der Waals surface area contributed by atoms with Crippen molar-refractivity contribution >= 4 is 38.7 Å². The van der Waals surface area contributed by atoms with Gasteiger partial charge in [0.2, 0.25) is 5.91 Å². The lowest BCUT2D eigenvalue weighted by atomic mass is 10.1. The van der Waals surface area contributed by atoms with Crippen LogP contribution in [0.1, 0.15) is 24.1 Å². The van der Waals surface area contributed by atoms with E-state index in [1.807, 2.05) is 9.42 Å². The molecule has 1 aromatic carbocycles. The number of rotatable bonds is 5. The van der Waals surface area contributed by atoms with Crippen LogP contribution >= 0.6 is 11.3 Å². The summed E-state index contributed by atoms with van der Waals surface area (Å²) in [5.41, 5.74) is 10.5. The zero-order valence-corrected chi connectivity index (χ0v) is 20.3. The summed E-state index contributed by atoms with van der Waals surface area (Å²) in [5.74, 6) is 1.98. The summed E-state index contributed by atoms with van der Waals surface area (Å²) < 4.78 is 8.68. The summed E-state index contributed by atoms with van der Waals surface area (Å²) in [6.45, 7) is 6.13. The van der Waals surface area contributed by atoms with Crippen LogP contribution in [0, 0.1) is 12.8 Å². The molecule has 1 saturated heterocycles. The van der Waals surface area contributed by atoms with E-state index in [-0.39, 0.29) is 5.92 Å². The molecular formula is C25H28N6O2S. The zero-order valence-electron chi connectivity index (χ0n) is 19.5. The van der Waals surface area contributed by atoms with Gasteiger partial charge in [-0.2, -0.15) is 5.10 Å². The van der Waals surface area contributed by atoms with Crippen LogP contribution in [0.4, 0.5) is 5.82 Å². The molecule has 8 nitrogen and oxygen atoms in total. The molecule has 1 aliphatic carbocycles. The minimum Gasteiger partial charge on any atom is -0.495 e. The number of hydrogen-bond acceptors (Lipinski definition) is 7. The van der Waals surface area contributed by atoms with Crippen LogP contribution in [-0.4, -0.2) is 63.6 Å². The summed E-state index contributed by atoms with van der Waals surface area (Å²) in [6.07, 6.45) is 3.63. The Labute approximate surface area is 201 Å². The van der Waals surface area contributed by atoms with E-state index in [1.54, 1.807) is 18.4 Å². The van der Waals surface area contributed by atoms with Gasteiger partial charge in [0.05, 0.1) is 17.5 Å². The molecule has 2 fully saturated rings. The molecule has 4 aromatic rings. The summed E-state index contributed by atoms with van der Waals surface area (Å²) in [7, 11) is 1.71. The fourth-order valence-electron chi connectivity index (χ4n) is 4.93. The number of thiophene rings is 1. The molecule has 34 heavy (non-hydrogen) atoms. The van der Waals surface area contributed by atoms with Gasteiger partial charge >= 0.3 is 0 Å². The van der Waals surface area contributed by atoms with Crippen molar-refractivity contribution in [2.45, 2.75) is 26.3 Å². The van der Waals surface area contributed by atoms with Crippen molar-refractivity contribution in [3.8, 4) is 16.2 Å². The van der Waals surface area contributed by atoms with Crippen molar-refractivity contribution in [3.05, 3.63) is 41.9 Å². The number of hydrogen-bond donors (Lipinski definition) is 1. The van der Waals surface area contributed by atoms with Gasteiger partial charge in [-0.15, -0.1) is 11.3 Å². The maximum atomic E-state index is 12.4. The highest BCUT2D eigenvalue weighted by molar-refractivity contribution is 7.22. The number of amides is 1. The molecule has 1 aliphatic heterocycles. The Morgan fingerprint density at radius 1 is 1.18 bits per heavy atom. The van der Waals surface area contributed by atoms with E-state index in [2.05, 4.69) is 46.2 Å². The van der Waals surface area contributed by atoms with Gasteiger partial charge in [0.15, 0.2) is 5.82 Å². The first-order valence-electron chi connectivity index (χ1n) is 11.7. The lowest BCUT2D eigenvalue weighted by molar-refractivity contribution is -0.134. The average Bonchev–Trinajstić information content (AvgIpc) is 3.50. The second-order valence-corrected chi connectivity index (χ2v) is 10.4. The van der Waals surface area contributed by atoms with Gasteiger partial charge in [0.25, 0.3) is 0 Å². The highest BCUT2D eigenvalue weighted by Gasteiger charge is 2.34. The van der Waals surface area contributed by atoms with Crippen molar-refractivity contribution < 1.29 is 9.53 Å². The Hall–Kier alpha value is -3.17. The smallest absolute Gasteiger partial charge is 0.225 e. The van der Waals surface area contributed by atoms with Gasteiger partial charge in [-0.25, -0.2) is 9.50 Å². The lowest BCUT2D eigenvalue weighted by Crippen LogP contribution is -2.48. The van der Waals surface area contributed by atoms with Crippen molar-refractivity contribution in [1.29, 1.82) is 0 Å². The normalized spacial score (nSPS) is 17.1. The molecule has 0 unspecified atom stereocenters. The Bertz CT molecular complexity index is 1400. The maximum absolute atomic E-state index is 12.4. The van der Waals surface area contributed by atoms with Gasteiger partial charge < -0.3 is 15.4 Å². The number of aryl methyl sites for hydroxylation is 1. The standard InChI is InChI=1S/C25H28N6O2S/c1-15-9-17-11-21(34-23(17)20(10-15)33-2)19-12-18(31-22(19)24(26)27-14-28-31)13-29-5-7-30(8-6-29)25(32)16-3-4-16/h9-12,14,16H,3-8,13H2,1-2H3,(H2,26,27,28). The predicted molar refractivity (Wildman–Crippen MR) is 134 cm³/mol. The van der Waals surface area contributed by atoms with Crippen LogP contribution in [0.25, 0.3) is 26.0 Å². The summed E-state index contributed by atoms with van der Waals surface area (Å²) in [4.78, 5) is 22.2. The molecule has 0 bridgehead atoms. The number of piperazine rings is 1. The molecule has 4 heterocycles. The number of fused-ring (bicyclic) bond motifs is 2. The van der Waals surface area contributed by atoms with Crippen LogP contribution in [0.15, 0.2) is 30.6 Å². The fourth-order valence-corrected chi connectivity index (χ4v) is 6.08. The van der Waals surface area contributed by atoms with Gasteiger partial charge in [-0.3, -0.25) is 9.69 Å². The van der Waals surface area contributed by atoms with Gasteiger partial charge in [0, 0.05) is 49.1 Å². The SMILES string of the molecule is COc1cc(C)cc2cc(-c3cc(CN4CCN(C(=O)C5CC5)CC4)n4ncnc(N)c34)sc12. The highest BCUT2D eigenvalue weighted by Crippen LogP contribution is 2.42. The van der Waals surface area contributed by atoms with E-state index in [4.69, 9.17) is 10.5 Å². The Morgan fingerprint density at radius 3 is 2.71 bits per heavy atom. The van der Waals surface area contributed by atoms with E-state index >= 15 is 0 Å². The first-order chi connectivity index (χ1) is 16.5. The molecule has 6 rings (SSSR count). The number of methoxy groups -OCH3 is 1. The highest BCUT2D eigenvalue weighted by atomic mass is 32.1. The zero-order chi connectivity index (χ0) is 23.4. The third-order valence-electron chi connectivity index (χ3n) is 6.86. The minimum absolute atomic E-state index is 0.284. The van der Waals surface area contributed by atoms with E-state index in [0.29, 0.717) is 11.7 Å². The molecule has 1 amide bonds. The summed E-state index contributed by atoms with van der Waals surface area (Å²) >= 11 is 1.70. The lowest BCUT2D eigenvalue weighted by Gasteiger charge is -2.34. The molecule has 3 aromatic heterocycles. The van der Waals surface area contributed by atoms with Crippen molar-refractivity contribution in [2.75, 3.05) is 39.0 Å². The van der Waals surface area contributed by atoms with Crippen molar-refractivity contribution in [2.24, 2.45) is 5.92 Å². The van der Waals surface area contributed by atoms with Gasteiger partial charge in [-0.1, -0.05) is 6.07 Å². The fraction of sp³-hybridized carbons (Fsp3) is 0.400. The number of anilines is 1. The van der Waals surface area contributed by atoms with Crippen LogP contribution in [0.5, 0.6) is 5.75 Å². The minimum atomic E-state index is 0.284. The van der Waals surface area contributed by atoms with Crippen molar-refractivity contribution in [1.82, 2.24) is 24.4 Å². The Balaban J connectivity index is 1.33. The molecule has 176 valence electrons. The van der Waals surface area contributed by atoms with E-state index in [0.717, 1.165) is 83.1 Å². The number of nitrogens with two attached hydrogens (primary N) is 1. The first kappa shape index (κ1) is 21.4. The number of carbonyl (C=O) groups is 1. The van der Waals surface area contributed by atoms with E-state index in [1.165, 1.54) is 11.9 Å². The number of ether oxygens (including phenoxy) is 1. The summed E-state index contributed by atoms with van der Waals surface area (Å²) in [6, 6.07) is 8.63. The van der Waals surface area contributed by atoms with Gasteiger partial charge in [-0.05, 0) is 48.9 Å². The van der Waals surface area contributed by atoms with Crippen molar-refractivity contribution in [3.63, 3.8) is 0 Å². The molecular weight excluding hydrogens is 448 g/mol. The van der Waals surface area contributed by atoms with Crippen LogP contribution < -0.4 is 10.5 Å². The number of nitrogens with zero attached hydrogens (tertiary/aromatic N) is 5. The summed E-state index contributed by atoms with van der Waals surface area (Å²) in [5, 5.41) is 5.70. The molecule has 1 saturated carbocycles. The third-order valence-corrected chi connectivity index (χ3v) is 8.06. The molecule has 2 aliphatic rings. The van der Waals surface area contributed by atoms with E-state index in [9.17, 15) is 4.79 Å². The monoisotopic (exact) mass is 476 g/mol. The molecule has 0 radical (unpaired) electrons. The number of carbonyl (C=O) groups excluding carboxylic acids is 1. The second-order valence-electron chi connectivity index (χ2n) is 9.33. The van der Waals surface area contributed by atoms with E-state index < -0.39 is 0 Å². The number of aromatic nitrogens is 3. The number of nitrogen functional groups attached to an aromatic ring is 1. The largest absolute Gasteiger partial charge is 0.495 e. The molecule has 0 atom stereocenters. The average molecular weight is 477 g/mol. The van der Waals surface area contributed by atoms with Crippen LogP contribution in [0.3, 0.4) is 0 Å². The maximum Gasteiger partial charge on any atom is 0.225 e. The predicted octanol–water partition coefficient (Wildman–Crippen LogP) is 3.56. The Morgan fingerprint density at radius 2 is 1.97 bits per heavy atom.